The lowest BCUT2D eigenvalue weighted by Crippen LogP contribution is -2.39. The number of unbranched alkanes of at least 4 members (excludes halogenated alkanes) is 1. The van der Waals surface area contributed by atoms with Crippen LogP contribution in [0.4, 0.5) is 5.69 Å². The van der Waals surface area contributed by atoms with Gasteiger partial charge in [-0.25, -0.2) is 4.79 Å². The van der Waals surface area contributed by atoms with Gasteiger partial charge in [-0.3, -0.25) is 4.79 Å². The monoisotopic (exact) mass is 417 g/mol. The summed E-state index contributed by atoms with van der Waals surface area (Å²) in [5, 5.41) is 14.0. The van der Waals surface area contributed by atoms with E-state index in [-0.39, 0.29) is 0 Å². The van der Waals surface area contributed by atoms with E-state index >= 15 is 0 Å². The van der Waals surface area contributed by atoms with E-state index in [0.29, 0.717) is 16.8 Å². The zero-order chi connectivity index (χ0) is 22.1. The Morgan fingerprint density at radius 1 is 0.871 bits per heavy atom. The molecule has 0 unspecified atom stereocenters. The zero-order valence-electron chi connectivity index (χ0n) is 17.6. The molecule has 0 heterocycles. The van der Waals surface area contributed by atoms with Crippen LogP contribution >= 0.6 is 0 Å². The summed E-state index contributed by atoms with van der Waals surface area (Å²) in [4.78, 5) is 25.2. The van der Waals surface area contributed by atoms with Gasteiger partial charge >= 0.3 is 5.97 Å². The van der Waals surface area contributed by atoms with Crippen molar-refractivity contribution < 1.29 is 19.4 Å². The molecule has 1 amide bonds. The third-order valence-electron chi connectivity index (χ3n) is 5.07. The molecule has 0 aliphatic carbocycles. The first-order valence-corrected chi connectivity index (χ1v) is 10.4. The van der Waals surface area contributed by atoms with Gasteiger partial charge in [0.2, 0.25) is 5.60 Å². The van der Waals surface area contributed by atoms with Gasteiger partial charge in [0.25, 0.3) is 5.91 Å². The summed E-state index contributed by atoms with van der Waals surface area (Å²) in [7, 11) is 0. The fourth-order valence-electron chi connectivity index (χ4n) is 3.33. The predicted octanol–water partition coefficient (Wildman–Crippen LogP) is 4.45. The van der Waals surface area contributed by atoms with Gasteiger partial charge in [0.05, 0.1) is 0 Å². The molecule has 0 spiro atoms. The normalized spacial score (nSPS) is 11.0. The van der Waals surface area contributed by atoms with Crippen molar-refractivity contribution in [2.75, 3.05) is 11.9 Å². The zero-order valence-corrected chi connectivity index (χ0v) is 17.6. The molecule has 5 heteroatoms. The van der Waals surface area contributed by atoms with Crippen molar-refractivity contribution in [3.63, 3.8) is 0 Å². The first kappa shape index (κ1) is 22.2. The molecule has 160 valence electrons. The number of carbonyl (C=O) groups is 2. The SMILES string of the molecule is CCCCc1ccc(NC(=O)COC(=O)C(O)(c2ccccc2)c2ccccc2)cc1. The minimum Gasteiger partial charge on any atom is -0.453 e. The van der Waals surface area contributed by atoms with Crippen LogP contribution in [-0.2, 0) is 26.3 Å². The fraction of sp³-hybridized carbons (Fsp3) is 0.231. The van der Waals surface area contributed by atoms with Crippen molar-refractivity contribution in [3.05, 3.63) is 102 Å². The average Bonchev–Trinajstić information content (AvgIpc) is 2.82. The van der Waals surface area contributed by atoms with Crippen molar-refractivity contribution in [1.82, 2.24) is 0 Å². The Balaban J connectivity index is 1.66. The van der Waals surface area contributed by atoms with E-state index < -0.39 is 24.1 Å². The largest absolute Gasteiger partial charge is 0.453 e. The molecule has 0 atom stereocenters. The Labute approximate surface area is 182 Å². The number of hydrogen-bond donors (Lipinski definition) is 2. The molecule has 2 N–H and O–H groups in total. The van der Waals surface area contributed by atoms with E-state index in [4.69, 9.17) is 4.74 Å². The van der Waals surface area contributed by atoms with E-state index in [1.807, 2.05) is 24.3 Å². The number of rotatable bonds is 9. The second-order valence-corrected chi connectivity index (χ2v) is 7.37. The number of nitrogens with one attached hydrogen (secondary N) is 1. The molecule has 3 rings (SSSR count). The minimum atomic E-state index is -2.01. The Bertz CT molecular complexity index is 945. The van der Waals surface area contributed by atoms with Crippen LogP contribution < -0.4 is 5.32 Å². The number of benzene rings is 3. The second kappa shape index (κ2) is 10.5. The standard InChI is InChI=1S/C26H27NO4/c1-2-3-10-20-15-17-23(18-16-20)27-24(28)19-31-25(29)26(30,21-11-6-4-7-12-21)22-13-8-5-9-14-22/h4-9,11-18,30H,2-3,10,19H2,1H3,(H,27,28). The van der Waals surface area contributed by atoms with Gasteiger partial charge in [-0.2, -0.15) is 0 Å². The number of carbonyl (C=O) groups excluding carboxylic acids is 2. The second-order valence-electron chi connectivity index (χ2n) is 7.37. The maximum Gasteiger partial charge on any atom is 0.348 e. The Kier molecular flexibility index (Phi) is 7.57. The first-order chi connectivity index (χ1) is 15.0. The number of aliphatic hydroxyl groups is 1. The van der Waals surface area contributed by atoms with E-state index in [2.05, 4.69) is 12.2 Å². The maximum absolute atomic E-state index is 12.9. The van der Waals surface area contributed by atoms with Crippen molar-refractivity contribution in [2.24, 2.45) is 0 Å². The van der Waals surface area contributed by atoms with E-state index in [1.54, 1.807) is 60.7 Å². The number of amides is 1. The molecule has 0 saturated heterocycles. The lowest BCUT2D eigenvalue weighted by Gasteiger charge is -2.26. The van der Waals surface area contributed by atoms with Crippen LogP contribution in [-0.4, -0.2) is 23.6 Å². The lowest BCUT2D eigenvalue weighted by molar-refractivity contribution is -0.163. The maximum atomic E-state index is 12.9. The van der Waals surface area contributed by atoms with Crippen molar-refractivity contribution in [3.8, 4) is 0 Å². The highest BCUT2D eigenvalue weighted by Gasteiger charge is 2.41. The van der Waals surface area contributed by atoms with Crippen LogP contribution in [0.3, 0.4) is 0 Å². The summed E-state index contributed by atoms with van der Waals surface area (Å²) in [5.74, 6) is -1.38. The van der Waals surface area contributed by atoms with Crippen molar-refractivity contribution in [2.45, 2.75) is 31.8 Å². The van der Waals surface area contributed by atoms with Gasteiger partial charge in [-0.05, 0) is 41.7 Å². The molecular formula is C26H27NO4. The third kappa shape index (κ3) is 5.58. The summed E-state index contributed by atoms with van der Waals surface area (Å²) in [5.41, 5.74) is 0.567. The molecule has 0 fully saturated rings. The lowest BCUT2D eigenvalue weighted by atomic mass is 9.86. The average molecular weight is 418 g/mol. The quantitative estimate of drug-likeness (QED) is 0.505. The van der Waals surface area contributed by atoms with E-state index in [1.165, 1.54) is 5.56 Å². The third-order valence-corrected chi connectivity index (χ3v) is 5.07. The van der Waals surface area contributed by atoms with Gasteiger partial charge in [-0.1, -0.05) is 86.1 Å². The molecule has 5 nitrogen and oxygen atoms in total. The number of anilines is 1. The van der Waals surface area contributed by atoms with E-state index in [0.717, 1.165) is 19.3 Å². The fourth-order valence-corrected chi connectivity index (χ4v) is 3.33. The smallest absolute Gasteiger partial charge is 0.348 e. The van der Waals surface area contributed by atoms with Crippen LogP contribution in [0.1, 0.15) is 36.5 Å². The molecule has 0 aliphatic heterocycles. The van der Waals surface area contributed by atoms with Crippen LogP contribution in [0, 0.1) is 0 Å². The summed E-state index contributed by atoms with van der Waals surface area (Å²) in [6, 6.07) is 24.7. The van der Waals surface area contributed by atoms with E-state index in [9.17, 15) is 14.7 Å². The van der Waals surface area contributed by atoms with Crippen molar-refractivity contribution in [1.29, 1.82) is 0 Å². The molecule has 0 bridgehead atoms. The predicted molar refractivity (Wildman–Crippen MR) is 121 cm³/mol. The molecule has 3 aromatic rings. The minimum absolute atomic E-state index is 0.370. The first-order valence-electron chi connectivity index (χ1n) is 10.4. The number of aryl methyl sites for hydroxylation is 1. The van der Waals surface area contributed by atoms with Gasteiger partial charge in [0, 0.05) is 5.69 Å². The topological polar surface area (TPSA) is 75.6 Å². The number of esters is 1. The highest BCUT2D eigenvalue weighted by Crippen LogP contribution is 2.31. The highest BCUT2D eigenvalue weighted by molar-refractivity contribution is 5.94. The number of ether oxygens (including phenoxy) is 1. The van der Waals surface area contributed by atoms with Crippen LogP contribution in [0.15, 0.2) is 84.9 Å². The summed E-state index contributed by atoms with van der Waals surface area (Å²) >= 11 is 0. The van der Waals surface area contributed by atoms with Crippen molar-refractivity contribution >= 4 is 17.6 Å². The summed E-state index contributed by atoms with van der Waals surface area (Å²) in [6.07, 6.45) is 3.25. The highest BCUT2D eigenvalue weighted by atomic mass is 16.6. The summed E-state index contributed by atoms with van der Waals surface area (Å²) in [6.45, 7) is 1.64. The number of hydrogen-bond acceptors (Lipinski definition) is 4. The molecule has 0 aliphatic rings. The van der Waals surface area contributed by atoms with Crippen LogP contribution in [0.5, 0.6) is 0 Å². The molecule has 0 radical (unpaired) electrons. The molecule has 3 aromatic carbocycles. The molecule has 0 saturated carbocycles. The molecule has 0 aromatic heterocycles. The van der Waals surface area contributed by atoms with Crippen LogP contribution in [0.2, 0.25) is 0 Å². The van der Waals surface area contributed by atoms with Gasteiger partial charge in [0.1, 0.15) is 0 Å². The Morgan fingerprint density at radius 3 is 1.94 bits per heavy atom. The molecule has 31 heavy (non-hydrogen) atoms. The van der Waals surface area contributed by atoms with Gasteiger partial charge in [-0.15, -0.1) is 0 Å². The Hall–Kier alpha value is -3.44. The molecular weight excluding hydrogens is 390 g/mol. The van der Waals surface area contributed by atoms with Gasteiger partial charge < -0.3 is 15.2 Å². The van der Waals surface area contributed by atoms with Gasteiger partial charge in [0.15, 0.2) is 6.61 Å². The van der Waals surface area contributed by atoms with Crippen LogP contribution in [0.25, 0.3) is 0 Å². The Morgan fingerprint density at radius 2 is 1.42 bits per heavy atom. The summed E-state index contributed by atoms with van der Waals surface area (Å²) < 4.78 is 5.23.